The molecule has 0 atom stereocenters. The first kappa shape index (κ1) is 8.83. The molecule has 0 saturated carbocycles. The molecule has 1 fully saturated rings. The molecule has 1 saturated heterocycles. The van der Waals surface area contributed by atoms with Gasteiger partial charge in [0.15, 0.2) is 0 Å². The minimum Gasteiger partial charge on any atom is -0.359 e. The fraction of sp³-hybridized carbons (Fsp3) is 0.714. The van der Waals surface area contributed by atoms with Crippen molar-refractivity contribution in [3.05, 3.63) is 0 Å². The first-order valence-electron chi connectivity index (χ1n) is 4.06. The predicted molar refractivity (Wildman–Crippen MR) is 46.1 cm³/mol. The largest absolute Gasteiger partial charge is 0.359 e. The molecule has 5 nitrogen and oxygen atoms in total. The Morgan fingerprint density at radius 3 is 3.00 bits per heavy atom. The molecule has 0 radical (unpaired) electrons. The number of hydrogen-bond acceptors (Lipinski definition) is 2. The van der Waals surface area contributed by atoms with E-state index >= 15 is 0 Å². The predicted octanol–water partition coefficient (Wildman–Crippen LogP) is -0.272. The number of urea groups is 1. The van der Waals surface area contributed by atoms with Crippen LogP contribution in [0.4, 0.5) is 4.79 Å². The molecule has 68 valence electrons. The third-order valence-electron chi connectivity index (χ3n) is 1.90. The Bertz CT molecular complexity index is 192. The van der Waals surface area contributed by atoms with E-state index < -0.39 is 6.03 Å². The van der Waals surface area contributed by atoms with E-state index in [4.69, 9.17) is 11.1 Å². The number of nitrogens with two attached hydrogens (primary N) is 1. The van der Waals surface area contributed by atoms with Gasteiger partial charge in [-0.25, -0.2) is 4.79 Å². The van der Waals surface area contributed by atoms with Crippen molar-refractivity contribution in [1.29, 1.82) is 5.41 Å². The van der Waals surface area contributed by atoms with E-state index in [0.717, 1.165) is 19.4 Å². The molecule has 12 heavy (non-hydrogen) atoms. The van der Waals surface area contributed by atoms with E-state index in [2.05, 4.69) is 5.32 Å². The maximum absolute atomic E-state index is 10.3. The molecule has 0 aromatic heterocycles. The molecule has 1 aliphatic rings. The standard InChI is InChI=1S/C7H14N4O/c8-6-2-1-4-11(6)5-3-10-7(9)12/h8H,1-5H2,(H3,9,10,12). The van der Waals surface area contributed by atoms with Gasteiger partial charge in [-0.15, -0.1) is 0 Å². The number of primary amides is 1. The highest BCUT2D eigenvalue weighted by Gasteiger charge is 2.15. The van der Waals surface area contributed by atoms with Gasteiger partial charge < -0.3 is 16.0 Å². The number of amidine groups is 1. The summed E-state index contributed by atoms with van der Waals surface area (Å²) >= 11 is 0. The summed E-state index contributed by atoms with van der Waals surface area (Å²) in [6.07, 6.45) is 1.91. The quantitative estimate of drug-likeness (QED) is 0.544. The van der Waals surface area contributed by atoms with Crippen LogP contribution < -0.4 is 11.1 Å². The molecule has 0 spiro atoms. The lowest BCUT2D eigenvalue weighted by Gasteiger charge is -2.16. The van der Waals surface area contributed by atoms with Crippen molar-refractivity contribution in [2.75, 3.05) is 19.6 Å². The molecule has 1 heterocycles. The number of rotatable bonds is 3. The maximum atomic E-state index is 10.3. The lowest BCUT2D eigenvalue weighted by Crippen LogP contribution is -2.37. The minimum atomic E-state index is -0.499. The number of carbonyl (C=O) groups excluding carboxylic acids is 1. The molecule has 0 aromatic carbocycles. The molecular weight excluding hydrogens is 156 g/mol. The Morgan fingerprint density at radius 1 is 1.75 bits per heavy atom. The van der Waals surface area contributed by atoms with Crippen LogP contribution >= 0.6 is 0 Å². The molecule has 1 rings (SSSR count). The average Bonchev–Trinajstić information content (AvgIpc) is 2.36. The van der Waals surface area contributed by atoms with Crippen LogP contribution in [0.1, 0.15) is 12.8 Å². The van der Waals surface area contributed by atoms with E-state index in [9.17, 15) is 4.79 Å². The number of nitrogens with zero attached hydrogens (tertiary/aromatic N) is 1. The van der Waals surface area contributed by atoms with E-state index in [1.165, 1.54) is 0 Å². The molecule has 1 aliphatic heterocycles. The van der Waals surface area contributed by atoms with Crippen LogP contribution in [0.3, 0.4) is 0 Å². The van der Waals surface area contributed by atoms with Crippen LogP contribution in [0, 0.1) is 5.41 Å². The normalized spacial score (nSPS) is 16.7. The first-order valence-corrected chi connectivity index (χ1v) is 4.06. The molecule has 2 amide bonds. The zero-order chi connectivity index (χ0) is 8.97. The topological polar surface area (TPSA) is 82.2 Å². The third-order valence-corrected chi connectivity index (χ3v) is 1.90. The summed E-state index contributed by atoms with van der Waals surface area (Å²) in [7, 11) is 0. The van der Waals surface area contributed by atoms with Crippen LogP contribution in [0.2, 0.25) is 0 Å². The van der Waals surface area contributed by atoms with Gasteiger partial charge in [0.25, 0.3) is 0 Å². The van der Waals surface area contributed by atoms with Gasteiger partial charge in [0, 0.05) is 26.1 Å². The number of carbonyl (C=O) groups is 1. The zero-order valence-electron chi connectivity index (χ0n) is 6.97. The van der Waals surface area contributed by atoms with Crippen LogP contribution in [-0.2, 0) is 0 Å². The smallest absolute Gasteiger partial charge is 0.312 e. The van der Waals surface area contributed by atoms with Crippen molar-refractivity contribution in [2.45, 2.75) is 12.8 Å². The molecule has 0 bridgehead atoms. The van der Waals surface area contributed by atoms with Crippen molar-refractivity contribution in [1.82, 2.24) is 10.2 Å². The van der Waals surface area contributed by atoms with Gasteiger partial charge in [-0.3, -0.25) is 5.41 Å². The second-order valence-corrected chi connectivity index (χ2v) is 2.83. The van der Waals surface area contributed by atoms with Crippen molar-refractivity contribution in [3.8, 4) is 0 Å². The molecule has 0 unspecified atom stereocenters. The summed E-state index contributed by atoms with van der Waals surface area (Å²) < 4.78 is 0. The Labute approximate surface area is 71.4 Å². The summed E-state index contributed by atoms with van der Waals surface area (Å²) in [6.45, 7) is 2.15. The summed E-state index contributed by atoms with van der Waals surface area (Å²) in [6, 6.07) is -0.499. The average molecular weight is 170 g/mol. The van der Waals surface area contributed by atoms with E-state index in [1.54, 1.807) is 0 Å². The second kappa shape index (κ2) is 3.94. The highest BCUT2D eigenvalue weighted by Crippen LogP contribution is 2.08. The highest BCUT2D eigenvalue weighted by atomic mass is 16.2. The van der Waals surface area contributed by atoms with Gasteiger partial charge in [0.05, 0.1) is 5.84 Å². The number of likely N-dealkylation sites (tertiary alicyclic amines) is 1. The molecular formula is C7H14N4O. The number of amides is 2. The Balaban J connectivity index is 2.14. The van der Waals surface area contributed by atoms with Crippen LogP contribution in [-0.4, -0.2) is 36.4 Å². The van der Waals surface area contributed by atoms with Crippen LogP contribution in [0.15, 0.2) is 0 Å². The molecule has 5 heteroatoms. The van der Waals surface area contributed by atoms with Crippen LogP contribution in [0.25, 0.3) is 0 Å². The molecule has 0 aliphatic carbocycles. The van der Waals surface area contributed by atoms with Crippen molar-refractivity contribution < 1.29 is 4.79 Å². The number of nitrogens with one attached hydrogen (secondary N) is 2. The van der Waals surface area contributed by atoms with Crippen molar-refractivity contribution >= 4 is 11.9 Å². The summed E-state index contributed by atoms with van der Waals surface area (Å²) in [5.41, 5.74) is 4.89. The Morgan fingerprint density at radius 2 is 2.50 bits per heavy atom. The van der Waals surface area contributed by atoms with E-state index in [1.807, 2.05) is 4.90 Å². The van der Waals surface area contributed by atoms with Gasteiger partial charge in [-0.2, -0.15) is 0 Å². The van der Waals surface area contributed by atoms with Gasteiger partial charge in [0.2, 0.25) is 0 Å². The van der Waals surface area contributed by atoms with E-state index in [-0.39, 0.29) is 0 Å². The second-order valence-electron chi connectivity index (χ2n) is 2.83. The lowest BCUT2D eigenvalue weighted by atomic mass is 10.4. The number of hydrogen-bond donors (Lipinski definition) is 3. The Hall–Kier alpha value is -1.26. The molecule has 0 aromatic rings. The van der Waals surface area contributed by atoms with E-state index in [0.29, 0.717) is 18.9 Å². The summed E-state index contributed by atoms with van der Waals surface area (Å²) in [5, 5.41) is 9.97. The zero-order valence-corrected chi connectivity index (χ0v) is 6.97. The maximum Gasteiger partial charge on any atom is 0.312 e. The minimum absolute atomic E-state index is 0.499. The monoisotopic (exact) mass is 170 g/mol. The van der Waals surface area contributed by atoms with Crippen LogP contribution in [0.5, 0.6) is 0 Å². The first-order chi connectivity index (χ1) is 5.70. The van der Waals surface area contributed by atoms with Crippen molar-refractivity contribution in [2.24, 2.45) is 5.73 Å². The SMILES string of the molecule is N=C1CCCN1CCNC(N)=O. The van der Waals surface area contributed by atoms with Gasteiger partial charge >= 0.3 is 6.03 Å². The highest BCUT2D eigenvalue weighted by molar-refractivity contribution is 5.81. The van der Waals surface area contributed by atoms with Gasteiger partial charge in [-0.1, -0.05) is 0 Å². The third kappa shape index (κ3) is 2.41. The fourth-order valence-electron chi connectivity index (χ4n) is 1.29. The fourth-order valence-corrected chi connectivity index (χ4v) is 1.29. The van der Waals surface area contributed by atoms with Crippen molar-refractivity contribution in [3.63, 3.8) is 0 Å². The molecule has 4 N–H and O–H groups in total. The van der Waals surface area contributed by atoms with Gasteiger partial charge in [0.1, 0.15) is 0 Å². The Kier molecular flexibility index (Phi) is 2.90. The summed E-state index contributed by atoms with van der Waals surface area (Å²) in [5.74, 6) is 0.668. The lowest BCUT2D eigenvalue weighted by molar-refractivity contribution is 0.248. The van der Waals surface area contributed by atoms with Gasteiger partial charge in [-0.05, 0) is 6.42 Å². The summed E-state index contributed by atoms with van der Waals surface area (Å²) in [4.78, 5) is 12.2.